The predicted octanol–water partition coefficient (Wildman–Crippen LogP) is 7.42. The predicted molar refractivity (Wildman–Crippen MR) is 237 cm³/mol. The molecule has 2 N–H and O–H groups in total. The maximum Gasteiger partial charge on any atom is 0.435 e. The van der Waals surface area contributed by atoms with Crippen LogP contribution in [0.25, 0.3) is 10.9 Å². The minimum Gasteiger partial charge on any atom is -0.487 e. The van der Waals surface area contributed by atoms with E-state index in [0.29, 0.717) is 68.6 Å². The number of fused-ring (bicyclic) bond motifs is 1. The second kappa shape index (κ2) is 20.6. The first-order valence-corrected chi connectivity index (χ1v) is 22.9. The van der Waals surface area contributed by atoms with Crippen LogP contribution in [0.4, 0.5) is 9.59 Å². The zero-order valence-electron chi connectivity index (χ0n) is 36.3. The third kappa shape index (κ3) is 13.4. The average Bonchev–Trinajstić information content (AvgIpc) is 3.69. The minimum absolute atomic E-state index is 0.0724. The topological polar surface area (TPSA) is 189 Å². The van der Waals surface area contributed by atoms with E-state index in [4.69, 9.17) is 37.4 Å². The summed E-state index contributed by atoms with van der Waals surface area (Å²) >= 11 is 13.3. The van der Waals surface area contributed by atoms with Gasteiger partial charge in [-0.25, -0.2) is 28.4 Å². The van der Waals surface area contributed by atoms with Gasteiger partial charge in [-0.2, -0.15) is 9.30 Å². The van der Waals surface area contributed by atoms with Gasteiger partial charge in [-0.1, -0.05) is 41.4 Å². The third-order valence-corrected chi connectivity index (χ3v) is 12.9. The lowest BCUT2D eigenvalue weighted by Gasteiger charge is -2.33. The van der Waals surface area contributed by atoms with Crippen LogP contribution in [0.5, 0.6) is 5.75 Å². The van der Waals surface area contributed by atoms with E-state index in [9.17, 15) is 27.6 Å². The number of aromatic nitrogens is 1. The van der Waals surface area contributed by atoms with Crippen molar-refractivity contribution in [1.29, 1.82) is 0 Å². The van der Waals surface area contributed by atoms with E-state index in [1.807, 2.05) is 31.2 Å². The summed E-state index contributed by atoms with van der Waals surface area (Å²) in [5.74, 6) is 0.119. The summed E-state index contributed by atoms with van der Waals surface area (Å²) in [6.07, 6.45) is 2.21. The summed E-state index contributed by atoms with van der Waals surface area (Å²) in [5, 5.41) is 5.30. The number of ether oxygens (including phenoxy) is 3. The fourth-order valence-corrected chi connectivity index (χ4v) is 9.60. The van der Waals surface area contributed by atoms with Gasteiger partial charge in [0, 0.05) is 60.8 Å². The van der Waals surface area contributed by atoms with Gasteiger partial charge in [-0.15, -0.1) is 0 Å². The van der Waals surface area contributed by atoms with Crippen LogP contribution in [0.2, 0.25) is 10.0 Å². The lowest BCUT2D eigenvalue weighted by atomic mass is 9.96. The number of rotatable bonds is 14. The van der Waals surface area contributed by atoms with Crippen LogP contribution >= 0.6 is 23.2 Å². The molecule has 2 aliphatic rings. The van der Waals surface area contributed by atoms with Crippen LogP contribution < -0.4 is 15.5 Å². The van der Waals surface area contributed by atoms with Crippen molar-refractivity contribution < 1.29 is 41.8 Å². The molecule has 19 heteroatoms. The number of nitrogens with one attached hydrogen (secondary N) is 2. The monoisotopic (exact) mass is 917 g/mol. The number of amides is 4. The summed E-state index contributed by atoms with van der Waals surface area (Å²) in [4.78, 5) is 61.3. The van der Waals surface area contributed by atoms with Crippen LogP contribution in [0.3, 0.4) is 0 Å². The van der Waals surface area contributed by atoms with E-state index >= 15 is 0 Å². The largest absolute Gasteiger partial charge is 0.487 e. The molecule has 3 aromatic rings. The molecule has 0 bridgehead atoms. The molecule has 1 atom stereocenters. The highest BCUT2D eigenvalue weighted by Crippen LogP contribution is 2.36. The summed E-state index contributed by atoms with van der Waals surface area (Å²) < 4.78 is 46.1. The number of para-hydroxylation sites is 1. The molecule has 3 heterocycles. The number of piperidine rings is 1. The first-order valence-electron chi connectivity index (χ1n) is 20.7. The molecule has 2 fully saturated rings. The molecule has 2 aromatic carbocycles. The number of halogens is 2. The Morgan fingerprint density at radius 3 is 2.35 bits per heavy atom. The molecule has 0 saturated carbocycles. The number of aliphatic imine (C=N–C) groups is 1. The highest BCUT2D eigenvalue weighted by molar-refractivity contribution is 7.89. The smallest absolute Gasteiger partial charge is 0.435 e. The van der Waals surface area contributed by atoms with E-state index in [1.165, 1.54) is 21.4 Å². The van der Waals surface area contributed by atoms with Gasteiger partial charge in [0.2, 0.25) is 21.8 Å². The van der Waals surface area contributed by atoms with Crippen LogP contribution in [-0.2, 0) is 35.7 Å². The molecule has 1 aromatic heterocycles. The van der Waals surface area contributed by atoms with Crippen LogP contribution in [-0.4, -0.2) is 108 Å². The lowest BCUT2D eigenvalue weighted by molar-refractivity contribution is -0.133. The van der Waals surface area contributed by atoms with E-state index in [1.54, 1.807) is 52.5 Å². The second-order valence-electron chi connectivity index (χ2n) is 17.4. The van der Waals surface area contributed by atoms with Gasteiger partial charge in [0.25, 0.3) is 0 Å². The second-order valence-corrected chi connectivity index (χ2v) is 20.0. The highest BCUT2D eigenvalue weighted by Gasteiger charge is 2.41. The molecule has 0 radical (unpaired) electrons. The Hall–Kier alpha value is -4.71. The van der Waals surface area contributed by atoms with E-state index in [-0.39, 0.29) is 52.9 Å². The molecule has 16 nitrogen and oxygen atoms in total. The Bertz CT molecular complexity index is 2260. The van der Waals surface area contributed by atoms with E-state index in [0.717, 1.165) is 17.4 Å². The summed E-state index contributed by atoms with van der Waals surface area (Å²) in [6.45, 7) is 13.7. The number of aryl methyl sites for hydroxylation is 1. The van der Waals surface area contributed by atoms with Crippen molar-refractivity contribution >= 4 is 74.5 Å². The van der Waals surface area contributed by atoms with Crippen LogP contribution in [0, 0.1) is 12.8 Å². The van der Waals surface area contributed by atoms with Gasteiger partial charge in [-0.05, 0) is 111 Å². The lowest BCUT2D eigenvalue weighted by Crippen LogP contribution is -2.48. The zero-order chi connectivity index (χ0) is 45.4. The van der Waals surface area contributed by atoms with Gasteiger partial charge >= 0.3 is 12.2 Å². The van der Waals surface area contributed by atoms with Crippen molar-refractivity contribution in [3.63, 3.8) is 0 Å². The minimum atomic E-state index is -4.21. The Balaban J connectivity index is 1.11. The fraction of sp³-hybridized carbons (Fsp3) is 0.535. The van der Waals surface area contributed by atoms with Crippen molar-refractivity contribution in [2.45, 2.75) is 116 Å². The Morgan fingerprint density at radius 2 is 1.66 bits per heavy atom. The number of carbonyl (C=O) groups is 4. The van der Waals surface area contributed by atoms with Gasteiger partial charge in [0.15, 0.2) is 0 Å². The number of hydrogen-bond acceptors (Lipinski definition) is 10. The molecule has 2 aliphatic heterocycles. The first-order chi connectivity index (χ1) is 29.1. The van der Waals surface area contributed by atoms with Crippen LogP contribution in [0.15, 0.2) is 52.4 Å². The summed E-state index contributed by atoms with van der Waals surface area (Å²) in [7, 11) is -4.21. The van der Waals surface area contributed by atoms with Crippen LogP contribution in [0.1, 0.15) is 91.3 Å². The third-order valence-electron chi connectivity index (χ3n) is 10.1. The van der Waals surface area contributed by atoms with Crippen molar-refractivity contribution in [3.05, 3.63) is 63.8 Å². The van der Waals surface area contributed by atoms with E-state index < -0.39 is 45.4 Å². The number of hydrazine groups is 1. The summed E-state index contributed by atoms with van der Waals surface area (Å²) in [6, 6.07) is 11.3. The molecule has 0 unspecified atom stereocenters. The molecule has 338 valence electrons. The number of benzene rings is 2. The molecule has 4 amide bonds. The Morgan fingerprint density at radius 1 is 0.952 bits per heavy atom. The SMILES string of the molecule is Cc1ccc2cccc(OCc3c(Cl)ccc(S(=O)(=O)N4CCC[C@H]4C(=O)NCC4CCN(C(=O)CCCN(C=NC(=O)OC(C)(C)C)NC(=O)OC(C)(C)C)CC4)c3Cl)c2n1. The number of pyridine rings is 1. The first kappa shape index (κ1) is 48.3. The average molecular weight is 919 g/mol. The quantitative estimate of drug-likeness (QED) is 0.0930. The maximum absolute atomic E-state index is 14.1. The number of nitrogens with zero attached hydrogens (tertiary/aromatic N) is 5. The van der Waals surface area contributed by atoms with Gasteiger partial charge in [0.05, 0.1) is 5.02 Å². The maximum atomic E-state index is 14.1. The highest BCUT2D eigenvalue weighted by atomic mass is 35.5. The Kier molecular flexibility index (Phi) is 16.1. The molecule has 0 aliphatic carbocycles. The molecule has 0 spiro atoms. The number of carbonyl (C=O) groups excluding carboxylic acids is 4. The van der Waals surface area contributed by atoms with E-state index in [2.05, 4.69) is 20.7 Å². The normalized spacial score (nSPS) is 16.7. The molecular formula is C43H57Cl2N7O9S. The Labute approximate surface area is 373 Å². The fourth-order valence-electron chi connectivity index (χ4n) is 7.08. The molecular weight excluding hydrogens is 861 g/mol. The molecule has 5 rings (SSSR count). The van der Waals surface area contributed by atoms with Gasteiger partial charge in [-0.3, -0.25) is 14.6 Å². The van der Waals surface area contributed by atoms with Crippen molar-refractivity contribution in [2.24, 2.45) is 10.9 Å². The molecule has 2 saturated heterocycles. The van der Waals surface area contributed by atoms with Gasteiger partial charge in [0.1, 0.15) is 46.4 Å². The number of likely N-dealkylation sites (tertiary alicyclic amines) is 1. The van der Waals surface area contributed by atoms with Crippen molar-refractivity contribution in [3.8, 4) is 5.75 Å². The number of sulfonamides is 1. The number of hydrogen-bond donors (Lipinski definition) is 2. The standard InChI is InChI=1S/C43H57Cl2N7O9S/c1-28-15-16-30-11-8-13-34(38(30)48-28)59-26-31-32(44)17-18-35(37(31)45)62(57,58)52-22-9-12-33(52)39(54)46-25-29-19-23-50(24-20-29)36(53)14-10-21-51(49-41(56)61-43(5,6)7)27-47-40(55)60-42(2,3)4/h8,11,13,15-18,27,29,33H,9-10,12,14,19-26H2,1-7H3,(H,46,54)(H,49,56)/t33-/m0/s1. The van der Waals surface area contributed by atoms with Crippen molar-refractivity contribution in [2.75, 3.05) is 32.7 Å². The van der Waals surface area contributed by atoms with Gasteiger partial charge < -0.3 is 24.4 Å². The van der Waals surface area contributed by atoms with Crippen molar-refractivity contribution in [1.82, 2.24) is 29.9 Å². The zero-order valence-corrected chi connectivity index (χ0v) is 38.7. The molecule has 62 heavy (non-hydrogen) atoms. The summed E-state index contributed by atoms with van der Waals surface area (Å²) in [5.41, 5.74) is 2.80.